The number of hydrogen-bond acceptors (Lipinski definition) is 2. The summed E-state index contributed by atoms with van der Waals surface area (Å²) in [5, 5.41) is 12.7. The number of amides is 1. The predicted molar refractivity (Wildman–Crippen MR) is 77.5 cm³/mol. The quantitative estimate of drug-likeness (QED) is 0.795. The van der Waals surface area contributed by atoms with Gasteiger partial charge in [0.25, 0.3) is 5.91 Å². The zero-order valence-electron chi connectivity index (χ0n) is 9.45. The average molecular weight is 317 g/mol. The third-order valence-corrected chi connectivity index (χ3v) is 3.21. The molecule has 0 spiro atoms. The van der Waals surface area contributed by atoms with Gasteiger partial charge in [0.05, 0.1) is 10.0 Å². The molecule has 0 radical (unpaired) electrons. The van der Waals surface area contributed by atoms with Crippen LogP contribution in [0.15, 0.2) is 36.4 Å². The number of benzene rings is 2. The molecule has 19 heavy (non-hydrogen) atoms. The molecule has 0 unspecified atom stereocenters. The third kappa shape index (κ3) is 3.32. The fourth-order valence-electron chi connectivity index (χ4n) is 1.44. The normalized spacial score (nSPS) is 10.3. The number of carbonyl (C=O) groups is 1. The van der Waals surface area contributed by atoms with Crippen molar-refractivity contribution in [3.63, 3.8) is 0 Å². The molecular weight excluding hydrogens is 309 g/mol. The highest BCUT2D eigenvalue weighted by atomic mass is 35.5. The van der Waals surface area contributed by atoms with Crippen LogP contribution in [0.1, 0.15) is 10.4 Å². The molecule has 0 saturated heterocycles. The van der Waals surface area contributed by atoms with E-state index in [1.807, 2.05) is 0 Å². The fraction of sp³-hybridized carbons (Fsp3) is 0. The molecule has 2 rings (SSSR count). The Bertz CT molecular complexity index is 603. The van der Waals surface area contributed by atoms with Crippen LogP contribution in [0.2, 0.25) is 15.1 Å². The first-order chi connectivity index (χ1) is 8.97. The molecule has 0 aliphatic heterocycles. The SMILES string of the molecule is O=C(Nc1cc(Cl)c(O)c(Cl)c1)c1ccc(Cl)cc1. The predicted octanol–water partition coefficient (Wildman–Crippen LogP) is 4.60. The van der Waals surface area contributed by atoms with E-state index in [9.17, 15) is 9.90 Å². The Morgan fingerprint density at radius 1 is 1.00 bits per heavy atom. The Labute approximate surface area is 124 Å². The highest BCUT2D eigenvalue weighted by Gasteiger charge is 2.10. The van der Waals surface area contributed by atoms with E-state index in [0.29, 0.717) is 16.3 Å². The maximum absolute atomic E-state index is 11.9. The second-order valence-corrected chi connectivity index (χ2v) is 5.00. The van der Waals surface area contributed by atoms with Crippen molar-refractivity contribution >= 4 is 46.4 Å². The van der Waals surface area contributed by atoms with Crippen LogP contribution in [-0.2, 0) is 0 Å². The van der Waals surface area contributed by atoms with E-state index in [0.717, 1.165) is 0 Å². The maximum atomic E-state index is 11.9. The molecule has 1 amide bonds. The standard InChI is InChI=1S/C13H8Cl3NO2/c14-8-3-1-7(2-4-8)13(19)17-9-5-10(15)12(18)11(16)6-9/h1-6,18H,(H,17,19). The lowest BCUT2D eigenvalue weighted by Crippen LogP contribution is -2.11. The molecule has 0 aliphatic carbocycles. The van der Waals surface area contributed by atoms with Crippen LogP contribution in [0.25, 0.3) is 0 Å². The van der Waals surface area contributed by atoms with Crippen LogP contribution in [0.5, 0.6) is 5.75 Å². The van der Waals surface area contributed by atoms with Crippen molar-refractivity contribution in [2.45, 2.75) is 0 Å². The maximum Gasteiger partial charge on any atom is 0.255 e. The van der Waals surface area contributed by atoms with Gasteiger partial charge in [0.2, 0.25) is 0 Å². The minimum Gasteiger partial charge on any atom is -0.505 e. The molecule has 0 atom stereocenters. The van der Waals surface area contributed by atoms with E-state index in [1.54, 1.807) is 24.3 Å². The molecule has 0 aromatic heterocycles. The van der Waals surface area contributed by atoms with Gasteiger partial charge in [0, 0.05) is 16.3 Å². The van der Waals surface area contributed by atoms with Gasteiger partial charge < -0.3 is 10.4 Å². The van der Waals surface area contributed by atoms with Crippen molar-refractivity contribution in [2.75, 3.05) is 5.32 Å². The topological polar surface area (TPSA) is 49.3 Å². The van der Waals surface area contributed by atoms with Gasteiger partial charge in [-0.25, -0.2) is 0 Å². The summed E-state index contributed by atoms with van der Waals surface area (Å²) in [4.78, 5) is 11.9. The summed E-state index contributed by atoms with van der Waals surface area (Å²) in [6, 6.07) is 9.26. The first-order valence-electron chi connectivity index (χ1n) is 5.22. The lowest BCUT2D eigenvalue weighted by molar-refractivity contribution is 0.102. The molecule has 0 aliphatic rings. The molecular formula is C13H8Cl3NO2. The van der Waals surface area contributed by atoms with Crippen molar-refractivity contribution in [3.05, 3.63) is 57.0 Å². The second-order valence-electron chi connectivity index (χ2n) is 3.75. The van der Waals surface area contributed by atoms with E-state index in [2.05, 4.69) is 5.32 Å². The lowest BCUT2D eigenvalue weighted by Gasteiger charge is -2.08. The fourth-order valence-corrected chi connectivity index (χ4v) is 2.06. The molecule has 2 aromatic rings. The zero-order valence-corrected chi connectivity index (χ0v) is 11.7. The lowest BCUT2D eigenvalue weighted by atomic mass is 10.2. The molecule has 0 saturated carbocycles. The summed E-state index contributed by atoms with van der Waals surface area (Å²) in [6.45, 7) is 0. The Morgan fingerprint density at radius 2 is 1.53 bits per heavy atom. The summed E-state index contributed by atoms with van der Waals surface area (Å²) in [5.74, 6) is -0.540. The van der Waals surface area contributed by atoms with Crippen molar-refractivity contribution in [1.29, 1.82) is 0 Å². The molecule has 0 heterocycles. The number of nitrogens with one attached hydrogen (secondary N) is 1. The van der Waals surface area contributed by atoms with Crippen molar-refractivity contribution < 1.29 is 9.90 Å². The number of phenols is 1. The van der Waals surface area contributed by atoms with E-state index in [-0.39, 0.29) is 21.7 Å². The Balaban J connectivity index is 2.22. The van der Waals surface area contributed by atoms with Gasteiger partial charge in [0.15, 0.2) is 5.75 Å². The number of halogens is 3. The molecule has 98 valence electrons. The first kappa shape index (κ1) is 14.0. The number of carbonyl (C=O) groups excluding carboxylic acids is 1. The monoisotopic (exact) mass is 315 g/mol. The van der Waals surface area contributed by atoms with Crippen molar-refractivity contribution in [3.8, 4) is 5.75 Å². The second kappa shape index (κ2) is 5.70. The zero-order chi connectivity index (χ0) is 14.0. The Kier molecular flexibility index (Phi) is 4.20. The van der Waals surface area contributed by atoms with Crippen molar-refractivity contribution in [1.82, 2.24) is 0 Å². The van der Waals surface area contributed by atoms with Gasteiger partial charge >= 0.3 is 0 Å². The minimum absolute atomic E-state index is 0.0684. The largest absolute Gasteiger partial charge is 0.505 e. The van der Waals surface area contributed by atoms with Gasteiger partial charge in [-0.1, -0.05) is 34.8 Å². The molecule has 3 nitrogen and oxygen atoms in total. The van der Waals surface area contributed by atoms with Gasteiger partial charge in [-0.2, -0.15) is 0 Å². The number of anilines is 1. The summed E-state index contributed by atoms with van der Waals surface area (Å²) in [5.41, 5.74) is 0.845. The van der Waals surface area contributed by atoms with E-state index < -0.39 is 0 Å². The van der Waals surface area contributed by atoms with Crippen LogP contribution in [0.3, 0.4) is 0 Å². The van der Waals surface area contributed by atoms with E-state index in [1.165, 1.54) is 12.1 Å². The number of hydrogen-bond donors (Lipinski definition) is 2. The smallest absolute Gasteiger partial charge is 0.255 e. The van der Waals surface area contributed by atoms with Crippen LogP contribution in [0.4, 0.5) is 5.69 Å². The summed E-state index contributed by atoms with van der Waals surface area (Å²) in [7, 11) is 0. The number of rotatable bonds is 2. The van der Waals surface area contributed by atoms with Crippen molar-refractivity contribution in [2.24, 2.45) is 0 Å². The van der Waals surface area contributed by atoms with Gasteiger partial charge in [-0.15, -0.1) is 0 Å². The highest BCUT2D eigenvalue weighted by Crippen LogP contribution is 2.34. The first-order valence-corrected chi connectivity index (χ1v) is 6.35. The molecule has 0 bridgehead atoms. The van der Waals surface area contributed by atoms with Gasteiger partial charge in [-0.3, -0.25) is 4.79 Å². The summed E-state index contributed by atoms with van der Waals surface area (Å²) in [6.07, 6.45) is 0. The Hall–Kier alpha value is -1.42. The third-order valence-electron chi connectivity index (χ3n) is 2.38. The molecule has 2 aromatic carbocycles. The highest BCUT2D eigenvalue weighted by molar-refractivity contribution is 6.37. The van der Waals surface area contributed by atoms with Crippen LogP contribution in [0, 0.1) is 0 Å². The number of aromatic hydroxyl groups is 1. The molecule has 6 heteroatoms. The Morgan fingerprint density at radius 3 is 2.05 bits per heavy atom. The summed E-state index contributed by atoms with van der Waals surface area (Å²) < 4.78 is 0. The van der Waals surface area contributed by atoms with Gasteiger partial charge in [-0.05, 0) is 36.4 Å². The molecule has 2 N–H and O–H groups in total. The van der Waals surface area contributed by atoms with E-state index >= 15 is 0 Å². The summed E-state index contributed by atoms with van der Waals surface area (Å²) >= 11 is 17.3. The van der Waals surface area contributed by atoms with Crippen LogP contribution < -0.4 is 5.32 Å². The van der Waals surface area contributed by atoms with E-state index in [4.69, 9.17) is 34.8 Å². The van der Waals surface area contributed by atoms with Crippen LogP contribution >= 0.6 is 34.8 Å². The average Bonchev–Trinajstić information content (AvgIpc) is 2.36. The van der Waals surface area contributed by atoms with Crippen LogP contribution in [-0.4, -0.2) is 11.0 Å². The number of phenolic OH excluding ortho intramolecular Hbond substituents is 1. The minimum atomic E-state index is -0.325. The van der Waals surface area contributed by atoms with Gasteiger partial charge in [0.1, 0.15) is 0 Å². The molecule has 0 fully saturated rings.